The number of H-pyrrole nitrogens is 1. The molecule has 0 spiro atoms. The number of benzene rings is 1. The number of ether oxygens (including phenoxy) is 1. The topological polar surface area (TPSA) is 54.1 Å². The van der Waals surface area contributed by atoms with Crippen LogP contribution in [0.3, 0.4) is 0 Å². The highest BCUT2D eigenvalue weighted by Gasteiger charge is 2.56. The monoisotopic (exact) mass is 332 g/mol. The summed E-state index contributed by atoms with van der Waals surface area (Å²) >= 11 is 6.35. The molecule has 1 saturated carbocycles. The number of hydrogen-bond acceptors (Lipinski definition) is 2. The van der Waals surface area contributed by atoms with Crippen molar-refractivity contribution in [3.63, 3.8) is 0 Å². The number of carbonyl (C=O) groups is 1. The van der Waals surface area contributed by atoms with E-state index in [1.807, 2.05) is 6.07 Å². The van der Waals surface area contributed by atoms with Gasteiger partial charge >= 0.3 is 0 Å². The molecule has 5 rings (SSSR count). The zero-order valence-electron chi connectivity index (χ0n) is 13.4. The SMILES string of the molecule is CC(C)c1cc2[nH]c(CNC(=O)C34COC(C3)C4)cc2cc1Cl. The highest BCUT2D eigenvalue weighted by atomic mass is 35.5. The number of carbonyl (C=O) groups excluding carboxylic acids is 1. The van der Waals surface area contributed by atoms with Gasteiger partial charge in [-0.2, -0.15) is 0 Å². The maximum Gasteiger partial charge on any atom is 0.229 e. The first kappa shape index (κ1) is 15.0. The molecule has 2 saturated heterocycles. The van der Waals surface area contributed by atoms with Gasteiger partial charge in [0.1, 0.15) is 0 Å². The summed E-state index contributed by atoms with van der Waals surface area (Å²) in [5.74, 6) is 0.497. The third-order valence-corrected chi connectivity index (χ3v) is 5.50. The van der Waals surface area contributed by atoms with E-state index < -0.39 is 0 Å². The Bertz CT molecular complexity index is 769. The Morgan fingerprint density at radius 1 is 1.43 bits per heavy atom. The van der Waals surface area contributed by atoms with Crippen molar-refractivity contribution in [3.8, 4) is 0 Å². The molecule has 0 radical (unpaired) electrons. The van der Waals surface area contributed by atoms with Gasteiger partial charge in [-0.25, -0.2) is 0 Å². The predicted molar refractivity (Wildman–Crippen MR) is 90.7 cm³/mol. The van der Waals surface area contributed by atoms with Crippen LogP contribution < -0.4 is 5.32 Å². The zero-order chi connectivity index (χ0) is 16.2. The van der Waals surface area contributed by atoms with Crippen molar-refractivity contribution in [2.24, 2.45) is 5.41 Å². The van der Waals surface area contributed by atoms with Crippen LogP contribution in [0.1, 0.15) is 43.9 Å². The van der Waals surface area contributed by atoms with Gasteiger partial charge in [-0.1, -0.05) is 25.4 Å². The minimum absolute atomic E-state index is 0.116. The number of rotatable bonds is 4. The Labute approximate surface area is 140 Å². The van der Waals surface area contributed by atoms with E-state index in [-0.39, 0.29) is 11.3 Å². The van der Waals surface area contributed by atoms with Crippen LogP contribution in [0.15, 0.2) is 18.2 Å². The van der Waals surface area contributed by atoms with Gasteiger partial charge in [0.15, 0.2) is 0 Å². The first-order valence-electron chi connectivity index (χ1n) is 8.18. The van der Waals surface area contributed by atoms with Crippen LogP contribution in [0.5, 0.6) is 0 Å². The molecule has 1 aromatic carbocycles. The minimum atomic E-state index is -0.259. The lowest BCUT2D eigenvalue weighted by Crippen LogP contribution is -2.46. The molecule has 3 aliphatic rings. The van der Waals surface area contributed by atoms with Crippen molar-refractivity contribution >= 4 is 28.4 Å². The number of aromatic amines is 1. The average Bonchev–Trinajstić information content (AvgIpc) is 3.16. The molecule has 0 unspecified atom stereocenters. The first-order valence-corrected chi connectivity index (χ1v) is 8.56. The van der Waals surface area contributed by atoms with Crippen molar-refractivity contribution < 1.29 is 9.53 Å². The van der Waals surface area contributed by atoms with Crippen molar-refractivity contribution in [2.45, 2.75) is 45.3 Å². The fourth-order valence-corrected chi connectivity index (χ4v) is 4.10. The van der Waals surface area contributed by atoms with Crippen LogP contribution in [-0.2, 0) is 16.1 Å². The number of halogens is 1. The standard InChI is InChI=1S/C18H21ClN2O2/c1-10(2)14-5-16-11(4-15(14)19)3-12(21-16)8-20-17(22)18-6-13(7-18)23-9-18/h3-5,10,13,21H,6-9H2,1-2H3,(H,20,22). The van der Waals surface area contributed by atoms with E-state index in [9.17, 15) is 4.79 Å². The summed E-state index contributed by atoms with van der Waals surface area (Å²) in [6.07, 6.45) is 2.06. The second-order valence-electron chi connectivity index (χ2n) is 7.21. The smallest absolute Gasteiger partial charge is 0.229 e. The van der Waals surface area contributed by atoms with Crippen LogP contribution in [0.4, 0.5) is 0 Å². The molecule has 2 bridgehead atoms. The lowest BCUT2D eigenvalue weighted by molar-refractivity contribution is -0.133. The van der Waals surface area contributed by atoms with Crippen LogP contribution in [0.2, 0.25) is 5.02 Å². The van der Waals surface area contributed by atoms with E-state index in [2.05, 4.69) is 36.3 Å². The third-order valence-electron chi connectivity index (χ3n) is 5.17. The summed E-state index contributed by atoms with van der Waals surface area (Å²) in [6, 6.07) is 6.15. The number of amides is 1. The lowest BCUT2D eigenvalue weighted by atomic mass is 9.69. The number of fused-ring (bicyclic) bond motifs is 2. The van der Waals surface area contributed by atoms with Crippen LogP contribution in [0, 0.1) is 5.41 Å². The molecule has 1 aromatic heterocycles. The minimum Gasteiger partial charge on any atom is -0.377 e. The molecular formula is C18H21ClN2O2. The Morgan fingerprint density at radius 3 is 2.87 bits per heavy atom. The molecule has 3 heterocycles. The molecular weight excluding hydrogens is 312 g/mol. The van der Waals surface area contributed by atoms with Crippen LogP contribution >= 0.6 is 11.6 Å². The first-order chi connectivity index (χ1) is 11.0. The normalized spacial score (nSPS) is 25.8. The summed E-state index contributed by atoms with van der Waals surface area (Å²) < 4.78 is 5.52. The van der Waals surface area contributed by atoms with Gasteiger partial charge < -0.3 is 15.0 Å². The molecule has 2 aliphatic heterocycles. The largest absolute Gasteiger partial charge is 0.377 e. The Morgan fingerprint density at radius 2 is 2.22 bits per heavy atom. The maximum atomic E-state index is 12.4. The van der Waals surface area contributed by atoms with Crippen molar-refractivity contribution in [2.75, 3.05) is 6.61 Å². The highest BCUT2D eigenvalue weighted by molar-refractivity contribution is 6.32. The highest BCUT2D eigenvalue weighted by Crippen LogP contribution is 2.50. The van der Waals surface area contributed by atoms with E-state index in [4.69, 9.17) is 16.3 Å². The van der Waals surface area contributed by atoms with Crippen molar-refractivity contribution in [3.05, 3.63) is 34.5 Å². The molecule has 2 aromatic rings. The molecule has 122 valence electrons. The molecule has 4 nitrogen and oxygen atoms in total. The van der Waals surface area contributed by atoms with Gasteiger partial charge in [-0.15, -0.1) is 0 Å². The van der Waals surface area contributed by atoms with Gasteiger partial charge in [-0.05, 0) is 42.5 Å². The average molecular weight is 333 g/mol. The van der Waals surface area contributed by atoms with Gasteiger partial charge in [-0.3, -0.25) is 4.79 Å². The van der Waals surface area contributed by atoms with Gasteiger partial charge in [0, 0.05) is 21.6 Å². The van der Waals surface area contributed by atoms with E-state index >= 15 is 0 Å². The number of nitrogens with one attached hydrogen (secondary N) is 2. The molecule has 2 N–H and O–H groups in total. The fraction of sp³-hybridized carbons (Fsp3) is 0.500. The second-order valence-corrected chi connectivity index (χ2v) is 7.62. The van der Waals surface area contributed by atoms with Gasteiger partial charge in [0.25, 0.3) is 0 Å². The molecule has 0 atom stereocenters. The summed E-state index contributed by atoms with van der Waals surface area (Å²) in [5.41, 5.74) is 2.94. The summed E-state index contributed by atoms with van der Waals surface area (Å²) in [4.78, 5) is 15.7. The van der Waals surface area contributed by atoms with Crippen LogP contribution in [0.25, 0.3) is 10.9 Å². The lowest BCUT2D eigenvalue weighted by Gasteiger charge is -2.33. The fourth-order valence-electron chi connectivity index (χ4n) is 3.71. The van der Waals surface area contributed by atoms with Gasteiger partial charge in [0.2, 0.25) is 5.91 Å². The predicted octanol–water partition coefficient (Wildman–Crippen LogP) is 3.74. The van der Waals surface area contributed by atoms with E-state index in [0.717, 1.165) is 40.0 Å². The second kappa shape index (κ2) is 5.25. The van der Waals surface area contributed by atoms with E-state index in [1.165, 1.54) is 0 Å². The summed E-state index contributed by atoms with van der Waals surface area (Å²) in [6.45, 7) is 5.34. The Balaban J connectivity index is 1.50. The molecule has 5 heteroatoms. The molecule has 1 amide bonds. The molecule has 3 fully saturated rings. The molecule has 1 aliphatic carbocycles. The third kappa shape index (κ3) is 2.45. The van der Waals surface area contributed by atoms with Crippen molar-refractivity contribution in [1.29, 1.82) is 0 Å². The Hall–Kier alpha value is -1.52. The number of hydrogen-bond donors (Lipinski definition) is 2. The Kier molecular flexibility index (Phi) is 3.43. The van der Waals surface area contributed by atoms with E-state index in [0.29, 0.717) is 25.2 Å². The zero-order valence-corrected chi connectivity index (χ0v) is 14.2. The van der Waals surface area contributed by atoms with Crippen LogP contribution in [-0.4, -0.2) is 23.6 Å². The summed E-state index contributed by atoms with van der Waals surface area (Å²) in [7, 11) is 0. The van der Waals surface area contributed by atoms with Gasteiger partial charge in [0.05, 0.1) is 24.7 Å². The maximum absolute atomic E-state index is 12.4. The van der Waals surface area contributed by atoms with E-state index in [1.54, 1.807) is 0 Å². The molecule has 23 heavy (non-hydrogen) atoms. The quantitative estimate of drug-likeness (QED) is 0.896. The summed E-state index contributed by atoms with van der Waals surface area (Å²) in [5, 5.41) is 4.92. The number of aromatic nitrogens is 1. The van der Waals surface area contributed by atoms with Crippen molar-refractivity contribution in [1.82, 2.24) is 10.3 Å².